The van der Waals surface area contributed by atoms with E-state index in [9.17, 15) is 49.8 Å². The van der Waals surface area contributed by atoms with Gasteiger partial charge in [0.15, 0.2) is 24.3 Å². The van der Waals surface area contributed by atoms with Crippen molar-refractivity contribution < 1.29 is 64.0 Å². The van der Waals surface area contributed by atoms with Crippen LogP contribution in [0.4, 0.5) is 10.6 Å². The third kappa shape index (κ3) is 8.38. The van der Waals surface area contributed by atoms with Crippen molar-refractivity contribution in [3.63, 3.8) is 0 Å². The van der Waals surface area contributed by atoms with Crippen LogP contribution in [-0.4, -0.2) is 204 Å². The van der Waals surface area contributed by atoms with Gasteiger partial charge in [-0.2, -0.15) is 5.26 Å². The summed E-state index contributed by atoms with van der Waals surface area (Å²) in [5.41, 5.74) is 0.349. The van der Waals surface area contributed by atoms with Crippen molar-refractivity contribution in [2.24, 2.45) is 5.92 Å². The molecule has 4 saturated heterocycles. The number of nitriles is 1. The van der Waals surface area contributed by atoms with Gasteiger partial charge in [0.25, 0.3) is 5.91 Å². The Hall–Kier alpha value is -4.57. The Labute approximate surface area is 326 Å². The van der Waals surface area contributed by atoms with E-state index in [0.717, 1.165) is 13.3 Å². The fraction of sp³-hybridized carbons (Fsp3) is 0.686. The van der Waals surface area contributed by atoms with E-state index < -0.39 is 85.8 Å². The molecular weight excluding hydrogens is 754 g/mol. The van der Waals surface area contributed by atoms with E-state index in [2.05, 4.69) is 22.2 Å². The first-order chi connectivity index (χ1) is 27.2. The van der Waals surface area contributed by atoms with E-state index in [1.165, 1.54) is 20.7 Å². The molecule has 4 aliphatic heterocycles. The number of aliphatic hydroxyl groups excluding tert-OH is 6. The first-order valence-corrected chi connectivity index (χ1v) is 18.7. The number of hydrogen-bond donors (Lipinski definition) is 7. The van der Waals surface area contributed by atoms with Gasteiger partial charge in [0.2, 0.25) is 11.8 Å². The van der Waals surface area contributed by atoms with Gasteiger partial charge in [-0.1, -0.05) is 6.92 Å². The van der Waals surface area contributed by atoms with Crippen molar-refractivity contribution >= 4 is 40.6 Å². The highest BCUT2D eigenvalue weighted by molar-refractivity contribution is 5.95. The summed E-state index contributed by atoms with van der Waals surface area (Å²) >= 11 is 0. The van der Waals surface area contributed by atoms with E-state index in [0.29, 0.717) is 29.9 Å². The zero-order valence-electron chi connectivity index (χ0n) is 31.6. The second-order valence-corrected chi connectivity index (χ2v) is 14.8. The van der Waals surface area contributed by atoms with Crippen molar-refractivity contribution in [3.05, 3.63) is 18.6 Å². The molecule has 4 aliphatic rings. The van der Waals surface area contributed by atoms with Crippen molar-refractivity contribution in [2.75, 3.05) is 57.8 Å². The van der Waals surface area contributed by atoms with E-state index in [1.54, 1.807) is 17.2 Å². The maximum atomic E-state index is 13.8. The van der Waals surface area contributed by atoms with Crippen LogP contribution >= 0.6 is 0 Å². The highest BCUT2D eigenvalue weighted by atomic mass is 16.7. The first kappa shape index (κ1) is 42.0. The van der Waals surface area contributed by atoms with Crippen LogP contribution in [-0.2, 0) is 28.6 Å². The minimum Gasteiger partial charge on any atom is -0.394 e. The Morgan fingerprint density at radius 2 is 1.68 bits per heavy atom. The van der Waals surface area contributed by atoms with Gasteiger partial charge in [-0.3, -0.25) is 19.0 Å². The molecule has 57 heavy (non-hydrogen) atoms. The molecule has 0 bridgehead atoms. The number of aliphatic hydroxyl groups is 6. The molecule has 12 atom stereocenters. The number of likely N-dealkylation sites (N-methyl/N-ethyl adjacent to an activating group) is 1. The molecule has 2 aromatic heterocycles. The molecule has 22 nitrogen and oxygen atoms in total. The Kier molecular flexibility index (Phi) is 12.9. The molecule has 6 rings (SSSR count). The highest BCUT2D eigenvalue weighted by Crippen LogP contribution is 2.32. The molecule has 0 aliphatic carbocycles. The molecule has 0 saturated carbocycles. The van der Waals surface area contributed by atoms with Crippen LogP contribution < -0.4 is 10.2 Å². The molecule has 7 N–H and O–H groups in total. The number of ether oxygens (including phenoxy) is 3. The highest BCUT2D eigenvalue weighted by Gasteiger charge is 2.53. The van der Waals surface area contributed by atoms with Crippen LogP contribution in [0.2, 0.25) is 0 Å². The molecule has 10 unspecified atom stereocenters. The van der Waals surface area contributed by atoms with Crippen LogP contribution in [0.1, 0.15) is 26.7 Å². The number of likely N-dealkylation sites (tertiary alicyclic amines) is 1. The first-order valence-electron chi connectivity index (χ1n) is 18.7. The lowest BCUT2D eigenvalue weighted by Gasteiger charge is -2.47. The number of carbonyl (C=O) groups excluding carboxylic acids is 4. The Balaban J connectivity index is 1.11. The normalized spacial score (nSPS) is 33.4. The smallest absolute Gasteiger partial charge is 0.329 e. The minimum atomic E-state index is -1.96. The average Bonchev–Trinajstić information content (AvgIpc) is 3.64. The number of aromatic nitrogens is 3. The van der Waals surface area contributed by atoms with Gasteiger partial charge in [-0.15, -0.1) is 0 Å². The molecule has 0 spiro atoms. The molecule has 2 aromatic rings. The number of carbonyl (C=O) groups is 4. The largest absolute Gasteiger partial charge is 0.394 e. The van der Waals surface area contributed by atoms with Crippen molar-refractivity contribution in [3.8, 4) is 6.07 Å². The van der Waals surface area contributed by atoms with Gasteiger partial charge in [-0.25, -0.2) is 14.8 Å². The summed E-state index contributed by atoms with van der Waals surface area (Å²) in [5, 5.41) is 75.2. The van der Waals surface area contributed by atoms with E-state index >= 15 is 0 Å². The van der Waals surface area contributed by atoms with Gasteiger partial charge in [-0.05, 0) is 18.4 Å². The van der Waals surface area contributed by atoms with Crippen LogP contribution in [0.15, 0.2) is 18.6 Å². The topological polar surface area (TPSA) is 297 Å². The number of amides is 4. The van der Waals surface area contributed by atoms with Crippen molar-refractivity contribution in [2.45, 2.75) is 94.1 Å². The lowest BCUT2D eigenvalue weighted by atomic mass is 9.92. The van der Waals surface area contributed by atoms with Gasteiger partial charge >= 0.3 is 6.03 Å². The zero-order valence-corrected chi connectivity index (χ0v) is 31.6. The average molecular weight is 804 g/mol. The number of nitrogens with zero attached hydrogens (tertiary/aromatic N) is 8. The Bertz CT molecular complexity index is 1840. The summed E-state index contributed by atoms with van der Waals surface area (Å²) in [6.45, 7) is 3.56. The van der Waals surface area contributed by atoms with Gasteiger partial charge in [0, 0.05) is 59.4 Å². The molecule has 6 heterocycles. The Morgan fingerprint density at radius 1 is 0.982 bits per heavy atom. The molecular formula is C35H49N9O13. The number of fused-ring (bicyclic) bond motifs is 1. The van der Waals surface area contributed by atoms with Crippen molar-refractivity contribution in [1.29, 1.82) is 5.26 Å². The third-order valence-corrected chi connectivity index (χ3v) is 11.2. The van der Waals surface area contributed by atoms with Crippen LogP contribution in [0.3, 0.4) is 0 Å². The number of hydrogen-bond acceptors (Lipinski definition) is 17. The van der Waals surface area contributed by atoms with Gasteiger partial charge < -0.3 is 69.8 Å². The number of piperazine rings is 1. The van der Waals surface area contributed by atoms with Gasteiger partial charge in [0.1, 0.15) is 61.2 Å². The minimum absolute atomic E-state index is 0.00224. The third-order valence-electron chi connectivity index (χ3n) is 11.2. The number of rotatable bonds is 8. The van der Waals surface area contributed by atoms with Crippen LogP contribution in [0.5, 0.6) is 0 Å². The lowest BCUT2D eigenvalue weighted by Crippen LogP contribution is -2.68. The summed E-state index contributed by atoms with van der Waals surface area (Å²) in [7, 11) is 1.87. The lowest BCUT2D eigenvalue weighted by molar-refractivity contribution is -0.336. The Morgan fingerprint density at radius 3 is 2.35 bits per heavy atom. The standard InChI is InChI=1S/C35H49N9O13/c1-17-5-8-43(22(47)4-7-36)14-20(17)40(3)30-19-6-9-44(31(19)38-16-37-30)35(54)42-12-10-41(11-13-42)32(52)29-26(50)25(49)27(51)34(57-29)56-28-23(39-18(2)46)33(53)55-21(15-45)24(28)48/h6,9,16-17,20-21,23-29,33-34,45,48-51,53H,4-5,8,10-15H2,1-3H3,(H,39,46)/t17-,20+,21?,23?,24?,25?,26?,27?,28?,29?,33?,34?/m1/s1. The summed E-state index contributed by atoms with van der Waals surface area (Å²) in [4.78, 5) is 67.3. The van der Waals surface area contributed by atoms with Crippen LogP contribution in [0, 0.1) is 17.2 Å². The zero-order chi connectivity index (χ0) is 41.3. The molecule has 312 valence electrons. The summed E-state index contributed by atoms with van der Waals surface area (Å²) in [6.07, 6.45) is -12.3. The SMILES string of the molecule is CC(=O)NC1C(O)OC(CO)C(O)C1OC1OC(C(=O)N2CCN(C(=O)n3ccc4c(N(C)[C@H]5CN(C(=O)CC#N)CC[C@H]5C)ncnc43)CC2)C(O)C(O)C1O. The molecule has 22 heteroatoms. The molecule has 0 aromatic carbocycles. The van der Waals surface area contributed by atoms with E-state index in [4.69, 9.17) is 19.5 Å². The predicted octanol–water partition coefficient (Wildman–Crippen LogP) is -4.10. The second kappa shape index (κ2) is 17.5. The van der Waals surface area contributed by atoms with E-state index in [-0.39, 0.29) is 50.5 Å². The summed E-state index contributed by atoms with van der Waals surface area (Å²) in [6, 6.07) is 1.70. The fourth-order valence-electron chi connectivity index (χ4n) is 7.89. The van der Waals surface area contributed by atoms with Gasteiger partial charge in [0.05, 0.1) is 24.1 Å². The predicted molar refractivity (Wildman–Crippen MR) is 192 cm³/mol. The fourth-order valence-corrected chi connectivity index (χ4v) is 7.89. The second-order valence-electron chi connectivity index (χ2n) is 14.8. The monoisotopic (exact) mass is 803 g/mol. The van der Waals surface area contributed by atoms with Crippen LogP contribution in [0.25, 0.3) is 11.0 Å². The maximum absolute atomic E-state index is 13.8. The number of nitrogens with one attached hydrogen (secondary N) is 1. The summed E-state index contributed by atoms with van der Waals surface area (Å²) < 4.78 is 18.0. The number of piperidine rings is 1. The quantitative estimate of drug-likeness (QED) is 0.133. The van der Waals surface area contributed by atoms with Crippen molar-refractivity contribution in [1.82, 2.24) is 34.6 Å². The molecule has 0 radical (unpaired) electrons. The van der Waals surface area contributed by atoms with E-state index in [1.807, 2.05) is 18.0 Å². The summed E-state index contributed by atoms with van der Waals surface area (Å²) in [5.74, 6) is -0.885. The molecule has 4 fully saturated rings. The molecule has 4 amide bonds. The number of anilines is 1. The maximum Gasteiger partial charge on any atom is 0.329 e.